The normalized spacial score (nSPS) is 12.3. The van der Waals surface area contributed by atoms with Gasteiger partial charge in [0.15, 0.2) is 6.10 Å². The van der Waals surface area contributed by atoms with Gasteiger partial charge in [-0.25, -0.2) is 0 Å². The SMILES string of the molecule is CCCCC/C=C\CCCCCCCC(=O)OC(COC(=O)CCCCCCCCCCCC/C=C\C/C=C\C/C=C\CCCCCCC)COC(=O)CCCCCCCCCCCCCC. The zero-order valence-electron chi connectivity index (χ0n) is 44.7. The van der Waals surface area contributed by atoms with E-state index in [1.54, 1.807) is 0 Å². The van der Waals surface area contributed by atoms with Crippen molar-refractivity contribution in [3.63, 3.8) is 0 Å². The molecule has 0 saturated heterocycles. The molecule has 390 valence electrons. The molecule has 0 fully saturated rings. The summed E-state index contributed by atoms with van der Waals surface area (Å²) in [6.45, 7) is 6.62. The third-order valence-corrected chi connectivity index (χ3v) is 12.8. The molecule has 1 unspecified atom stereocenters. The summed E-state index contributed by atoms with van der Waals surface area (Å²) in [7, 11) is 0. The monoisotopic (exact) mass is 939 g/mol. The summed E-state index contributed by atoms with van der Waals surface area (Å²) < 4.78 is 16.8. The lowest BCUT2D eigenvalue weighted by atomic mass is 10.0. The summed E-state index contributed by atoms with van der Waals surface area (Å²) in [6, 6.07) is 0. The van der Waals surface area contributed by atoms with Crippen LogP contribution in [0, 0.1) is 0 Å². The summed E-state index contributed by atoms with van der Waals surface area (Å²) in [5.74, 6) is -0.876. The quantitative estimate of drug-likeness (QED) is 0.0262. The van der Waals surface area contributed by atoms with E-state index >= 15 is 0 Å². The first-order valence-electron chi connectivity index (χ1n) is 29.1. The van der Waals surface area contributed by atoms with E-state index in [1.165, 1.54) is 180 Å². The smallest absolute Gasteiger partial charge is 0.306 e. The van der Waals surface area contributed by atoms with Crippen LogP contribution < -0.4 is 0 Å². The minimum absolute atomic E-state index is 0.0746. The molecule has 6 heteroatoms. The van der Waals surface area contributed by atoms with Crippen LogP contribution in [0.4, 0.5) is 0 Å². The summed E-state index contributed by atoms with van der Waals surface area (Å²) in [6.07, 6.45) is 68.2. The Morgan fingerprint density at radius 2 is 0.537 bits per heavy atom. The molecule has 0 aromatic rings. The van der Waals surface area contributed by atoms with Crippen LogP contribution in [0.1, 0.15) is 303 Å². The van der Waals surface area contributed by atoms with Gasteiger partial charge in [0, 0.05) is 19.3 Å². The predicted octanol–water partition coefficient (Wildman–Crippen LogP) is 19.4. The van der Waals surface area contributed by atoms with Gasteiger partial charge < -0.3 is 14.2 Å². The Hall–Kier alpha value is -2.63. The van der Waals surface area contributed by atoms with E-state index in [-0.39, 0.29) is 31.1 Å². The van der Waals surface area contributed by atoms with Crippen LogP contribution in [0.25, 0.3) is 0 Å². The van der Waals surface area contributed by atoms with E-state index in [9.17, 15) is 14.4 Å². The maximum Gasteiger partial charge on any atom is 0.306 e. The van der Waals surface area contributed by atoms with E-state index in [0.29, 0.717) is 19.3 Å². The Morgan fingerprint density at radius 3 is 0.881 bits per heavy atom. The van der Waals surface area contributed by atoms with Crippen LogP contribution in [-0.4, -0.2) is 37.2 Å². The third kappa shape index (κ3) is 54.2. The Morgan fingerprint density at radius 1 is 0.299 bits per heavy atom. The Labute approximate surface area is 416 Å². The standard InChI is InChI=1S/C61H110O6/c1-4-7-10-13-16-19-22-25-26-27-28-29-30-31-32-33-34-35-36-37-40-42-45-48-51-54-60(63)66-57-58(67-61(64)55-52-49-46-43-39-24-21-18-15-12-9-6-3)56-65-59(62)53-50-47-44-41-38-23-20-17-14-11-8-5-2/h18,21-22,25,27-28,30-31,58H,4-17,19-20,23-24,26,29,32-57H2,1-3H3/b21-18-,25-22-,28-27-,31-30-. The van der Waals surface area contributed by atoms with Crippen molar-refractivity contribution in [2.45, 2.75) is 309 Å². The molecule has 0 aliphatic heterocycles. The first-order chi connectivity index (χ1) is 33.0. The number of hydrogen-bond acceptors (Lipinski definition) is 6. The van der Waals surface area contributed by atoms with Crippen LogP contribution in [0.15, 0.2) is 48.6 Å². The molecule has 0 aliphatic rings. The van der Waals surface area contributed by atoms with E-state index < -0.39 is 6.10 Å². The van der Waals surface area contributed by atoms with Gasteiger partial charge in [-0.2, -0.15) is 0 Å². The lowest BCUT2D eigenvalue weighted by Gasteiger charge is -2.18. The highest BCUT2D eigenvalue weighted by Gasteiger charge is 2.19. The fourth-order valence-corrected chi connectivity index (χ4v) is 8.39. The zero-order valence-corrected chi connectivity index (χ0v) is 44.7. The molecule has 67 heavy (non-hydrogen) atoms. The molecule has 0 aromatic heterocycles. The maximum atomic E-state index is 12.8. The van der Waals surface area contributed by atoms with E-state index in [1.807, 2.05) is 0 Å². The van der Waals surface area contributed by atoms with Gasteiger partial charge in [0.05, 0.1) is 0 Å². The third-order valence-electron chi connectivity index (χ3n) is 12.8. The molecule has 0 radical (unpaired) electrons. The largest absolute Gasteiger partial charge is 0.462 e. The first-order valence-corrected chi connectivity index (χ1v) is 29.1. The van der Waals surface area contributed by atoms with Gasteiger partial charge in [0.25, 0.3) is 0 Å². The fraction of sp³-hybridized carbons (Fsp3) is 0.820. The molecule has 0 aromatic carbocycles. The fourth-order valence-electron chi connectivity index (χ4n) is 8.39. The van der Waals surface area contributed by atoms with Crippen LogP contribution >= 0.6 is 0 Å². The Bertz CT molecular complexity index is 1170. The summed E-state index contributed by atoms with van der Waals surface area (Å²) >= 11 is 0. The number of rotatable bonds is 53. The second-order valence-corrected chi connectivity index (χ2v) is 19.6. The molecule has 0 bridgehead atoms. The summed E-state index contributed by atoms with van der Waals surface area (Å²) in [5.41, 5.74) is 0. The van der Waals surface area contributed by atoms with Gasteiger partial charge in [0.2, 0.25) is 0 Å². The lowest BCUT2D eigenvalue weighted by molar-refractivity contribution is -0.167. The molecule has 0 aliphatic carbocycles. The molecule has 0 N–H and O–H groups in total. The van der Waals surface area contributed by atoms with Crippen molar-refractivity contribution in [3.8, 4) is 0 Å². The van der Waals surface area contributed by atoms with Crippen LogP contribution in [0.2, 0.25) is 0 Å². The van der Waals surface area contributed by atoms with E-state index in [0.717, 1.165) is 83.5 Å². The molecule has 6 nitrogen and oxygen atoms in total. The van der Waals surface area contributed by atoms with Crippen molar-refractivity contribution in [1.82, 2.24) is 0 Å². The van der Waals surface area contributed by atoms with E-state index in [2.05, 4.69) is 69.4 Å². The van der Waals surface area contributed by atoms with Gasteiger partial charge in [-0.1, -0.05) is 249 Å². The topological polar surface area (TPSA) is 78.9 Å². The van der Waals surface area contributed by atoms with Gasteiger partial charge in [-0.3, -0.25) is 14.4 Å². The van der Waals surface area contributed by atoms with Crippen molar-refractivity contribution in [1.29, 1.82) is 0 Å². The van der Waals surface area contributed by atoms with Gasteiger partial charge in [-0.15, -0.1) is 0 Å². The van der Waals surface area contributed by atoms with Crippen molar-refractivity contribution in [2.75, 3.05) is 13.2 Å². The molecule has 1 atom stereocenters. The number of esters is 3. The Balaban J connectivity index is 4.23. The molecular weight excluding hydrogens is 829 g/mol. The number of unbranched alkanes of at least 4 members (excludes halogenated alkanes) is 34. The Kier molecular flexibility index (Phi) is 53.8. The van der Waals surface area contributed by atoms with Crippen molar-refractivity contribution in [3.05, 3.63) is 48.6 Å². The predicted molar refractivity (Wildman–Crippen MR) is 289 cm³/mol. The number of ether oxygens (including phenoxy) is 3. The highest BCUT2D eigenvalue weighted by atomic mass is 16.6. The second kappa shape index (κ2) is 56.0. The van der Waals surface area contributed by atoms with Crippen molar-refractivity contribution in [2.24, 2.45) is 0 Å². The highest BCUT2D eigenvalue weighted by Crippen LogP contribution is 2.16. The van der Waals surface area contributed by atoms with Crippen molar-refractivity contribution < 1.29 is 28.6 Å². The summed E-state index contributed by atoms with van der Waals surface area (Å²) in [5, 5.41) is 0. The zero-order chi connectivity index (χ0) is 48.6. The highest BCUT2D eigenvalue weighted by molar-refractivity contribution is 5.71. The van der Waals surface area contributed by atoms with Gasteiger partial charge in [-0.05, 0) is 83.5 Å². The number of carbonyl (C=O) groups excluding carboxylic acids is 3. The lowest BCUT2D eigenvalue weighted by Crippen LogP contribution is -2.30. The first kappa shape index (κ1) is 64.4. The number of hydrogen-bond donors (Lipinski definition) is 0. The van der Waals surface area contributed by atoms with Gasteiger partial charge >= 0.3 is 17.9 Å². The average molecular weight is 940 g/mol. The van der Waals surface area contributed by atoms with Gasteiger partial charge in [0.1, 0.15) is 13.2 Å². The second-order valence-electron chi connectivity index (χ2n) is 19.6. The van der Waals surface area contributed by atoms with Crippen molar-refractivity contribution >= 4 is 17.9 Å². The molecule has 0 saturated carbocycles. The minimum Gasteiger partial charge on any atom is -0.462 e. The number of carbonyl (C=O) groups is 3. The average Bonchev–Trinajstić information content (AvgIpc) is 3.33. The maximum absolute atomic E-state index is 12.8. The minimum atomic E-state index is -0.775. The number of allylic oxidation sites excluding steroid dienone is 8. The molecule has 0 amide bonds. The molecule has 0 spiro atoms. The van der Waals surface area contributed by atoms with Crippen LogP contribution in [0.3, 0.4) is 0 Å². The van der Waals surface area contributed by atoms with Crippen LogP contribution in [-0.2, 0) is 28.6 Å². The van der Waals surface area contributed by atoms with Crippen LogP contribution in [0.5, 0.6) is 0 Å². The summed E-state index contributed by atoms with van der Waals surface area (Å²) in [4.78, 5) is 38.1. The molecule has 0 heterocycles. The molecular formula is C61H110O6. The van der Waals surface area contributed by atoms with E-state index in [4.69, 9.17) is 14.2 Å². The molecule has 0 rings (SSSR count).